The van der Waals surface area contributed by atoms with E-state index in [1.165, 1.54) is 25.9 Å². The lowest BCUT2D eigenvalue weighted by Gasteiger charge is -2.50. The normalized spacial score (nSPS) is 25.5. The summed E-state index contributed by atoms with van der Waals surface area (Å²) in [5.74, 6) is 0. The van der Waals surface area contributed by atoms with Gasteiger partial charge in [-0.25, -0.2) is 0 Å². The van der Waals surface area contributed by atoms with Crippen LogP contribution in [0.4, 0.5) is 0 Å². The molecule has 14 heavy (non-hydrogen) atoms. The molecule has 1 heterocycles. The highest BCUT2D eigenvalue weighted by Crippen LogP contribution is 2.18. The molecule has 0 atom stereocenters. The molecule has 84 valence electrons. The molecule has 1 aliphatic heterocycles. The second kappa shape index (κ2) is 6.56. The van der Waals surface area contributed by atoms with E-state index in [1.807, 2.05) is 0 Å². The minimum absolute atomic E-state index is 0.123. The lowest BCUT2D eigenvalue weighted by molar-refractivity contribution is -0.134. The predicted octanol–water partition coefficient (Wildman–Crippen LogP) is 1.13. The topological polar surface area (TPSA) is 15.7 Å². The molecule has 1 fully saturated rings. The molecule has 0 bridgehead atoms. The number of hydrogen-bond acceptors (Lipinski definition) is 3. The van der Waals surface area contributed by atoms with Gasteiger partial charge in [-0.05, 0) is 32.4 Å². The van der Waals surface area contributed by atoms with Gasteiger partial charge in [0.25, 0.3) is 0 Å². The van der Waals surface area contributed by atoms with Crippen molar-refractivity contribution in [3.05, 3.63) is 0 Å². The summed E-state index contributed by atoms with van der Waals surface area (Å²) in [5.41, 5.74) is 0. The third kappa shape index (κ3) is 3.05. The molecular weight excluding hydrogens is 192 g/mol. The first-order chi connectivity index (χ1) is 6.83. The second-order valence-electron chi connectivity index (χ2n) is 3.96. The molecule has 0 spiro atoms. The Morgan fingerprint density at radius 3 is 2.00 bits per heavy atom. The van der Waals surface area contributed by atoms with E-state index in [1.54, 1.807) is 0 Å². The molecule has 0 saturated carbocycles. The van der Waals surface area contributed by atoms with Gasteiger partial charge in [-0.15, -0.1) is 0 Å². The van der Waals surface area contributed by atoms with Gasteiger partial charge in [0.05, 0.1) is 0 Å². The van der Waals surface area contributed by atoms with Gasteiger partial charge in [-0.1, -0.05) is 20.8 Å². The van der Waals surface area contributed by atoms with Crippen molar-refractivity contribution in [3.63, 3.8) is 0 Å². The van der Waals surface area contributed by atoms with Crippen LogP contribution in [0.25, 0.3) is 0 Å². The van der Waals surface area contributed by atoms with Crippen LogP contribution in [-0.2, 0) is 4.74 Å². The monoisotopic (exact) mass is 216 g/mol. The molecule has 0 N–H and O–H groups in total. The summed E-state index contributed by atoms with van der Waals surface area (Å²) in [6.07, 6.45) is 3.96. The predicted molar refractivity (Wildman–Crippen MR) is 62.6 cm³/mol. The van der Waals surface area contributed by atoms with E-state index in [0.717, 1.165) is 13.0 Å². The molecule has 4 heteroatoms. The smallest absolute Gasteiger partial charge is 0.179 e. The van der Waals surface area contributed by atoms with Crippen LogP contribution in [0.5, 0.6) is 0 Å². The van der Waals surface area contributed by atoms with Crippen LogP contribution in [0.1, 0.15) is 40.0 Å². The molecule has 1 saturated heterocycles. The molecule has 0 unspecified atom stereocenters. The molecule has 3 nitrogen and oxygen atoms in total. The van der Waals surface area contributed by atoms with Crippen LogP contribution in [0.15, 0.2) is 0 Å². The molecule has 1 rings (SSSR count). The Morgan fingerprint density at radius 1 is 1.00 bits per heavy atom. The zero-order chi connectivity index (χ0) is 10.4. The van der Waals surface area contributed by atoms with Crippen LogP contribution in [-0.4, -0.2) is 45.0 Å². The van der Waals surface area contributed by atoms with Crippen molar-refractivity contribution in [2.75, 3.05) is 19.7 Å². The fraction of sp³-hybridized carbons (Fsp3) is 1.00. The second-order valence-corrected chi connectivity index (χ2v) is 5.87. The van der Waals surface area contributed by atoms with E-state index in [0.29, 0.717) is 6.35 Å². The summed E-state index contributed by atoms with van der Waals surface area (Å²) in [6, 6.07) is 0. The first kappa shape index (κ1) is 12.2. The van der Waals surface area contributed by atoms with E-state index < -0.39 is 0 Å². The van der Waals surface area contributed by atoms with E-state index >= 15 is 0 Å². The SMILES string of the molecule is CCCOC1N(CCC)[SiH2]N1CCC. The van der Waals surface area contributed by atoms with Gasteiger partial charge >= 0.3 is 0 Å². The largest absolute Gasteiger partial charge is 0.351 e. The van der Waals surface area contributed by atoms with E-state index in [4.69, 9.17) is 4.74 Å². The van der Waals surface area contributed by atoms with Crippen LogP contribution in [0.2, 0.25) is 0 Å². The number of hydrogen-bond donors (Lipinski definition) is 0. The molecule has 1 aliphatic rings. The minimum Gasteiger partial charge on any atom is -0.351 e. The molecular formula is C10H24N2OSi. The van der Waals surface area contributed by atoms with Gasteiger partial charge in [0, 0.05) is 6.61 Å². The van der Waals surface area contributed by atoms with Crippen LogP contribution < -0.4 is 0 Å². The lowest BCUT2D eigenvalue weighted by Crippen LogP contribution is -2.67. The molecule has 0 aromatic carbocycles. The molecule has 0 aliphatic carbocycles. The molecule has 0 aromatic heterocycles. The number of rotatable bonds is 7. The summed E-state index contributed by atoms with van der Waals surface area (Å²) in [4.78, 5) is 0. The zero-order valence-electron chi connectivity index (χ0n) is 9.83. The Hall–Kier alpha value is 0.0969. The average Bonchev–Trinajstić information content (AvgIpc) is 2.17. The van der Waals surface area contributed by atoms with Crippen LogP contribution >= 0.6 is 0 Å². The van der Waals surface area contributed by atoms with Crippen LogP contribution in [0, 0.1) is 0 Å². The Labute approximate surface area is 90.4 Å². The zero-order valence-corrected chi connectivity index (χ0v) is 11.2. The summed E-state index contributed by atoms with van der Waals surface area (Å²) >= 11 is 0. The Bertz CT molecular complexity index is 145. The van der Waals surface area contributed by atoms with Crippen molar-refractivity contribution in [2.45, 2.75) is 46.4 Å². The Kier molecular flexibility index (Phi) is 5.70. The van der Waals surface area contributed by atoms with Crippen molar-refractivity contribution < 1.29 is 4.74 Å². The van der Waals surface area contributed by atoms with Crippen molar-refractivity contribution in [3.8, 4) is 0 Å². The fourth-order valence-electron chi connectivity index (χ4n) is 1.88. The van der Waals surface area contributed by atoms with Crippen molar-refractivity contribution >= 4 is 9.84 Å². The summed E-state index contributed by atoms with van der Waals surface area (Å²) in [5, 5.41) is 0. The molecule has 0 radical (unpaired) electrons. The quantitative estimate of drug-likeness (QED) is 0.594. The fourth-order valence-corrected chi connectivity index (χ4v) is 3.90. The highest BCUT2D eigenvalue weighted by molar-refractivity contribution is 6.31. The lowest BCUT2D eigenvalue weighted by atomic mass is 10.4. The van der Waals surface area contributed by atoms with Crippen molar-refractivity contribution in [1.82, 2.24) is 9.13 Å². The third-order valence-electron chi connectivity index (χ3n) is 2.48. The summed E-state index contributed by atoms with van der Waals surface area (Å²) in [6.45, 7) is 10.0. The van der Waals surface area contributed by atoms with Gasteiger partial charge in [0.2, 0.25) is 0 Å². The maximum Gasteiger partial charge on any atom is 0.179 e. The van der Waals surface area contributed by atoms with E-state index in [2.05, 4.69) is 29.9 Å². The van der Waals surface area contributed by atoms with E-state index in [-0.39, 0.29) is 9.84 Å². The standard InChI is InChI=1S/C10H24N2OSi/c1-4-7-11-10(13-9-6-3)12(14-11)8-5-2/h10H,4-9,14H2,1-3H3. The summed E-state index contributed by atoms with van der Waals surface area (Å²) < 4.78 is 10.9. The highest BCUT2D eigenvalue weighted by Gasteiger charge is 2.35. The van der Waals surface area contributed by atoms with Gasteiger partial charge in [0.15, 0.2) is 16.2 Å². The maximum absolute atomic E-state index is 5.84. The van der Waals surface area contributed by atoms with Crippen molar-refractivity contribution in [1.29, 1.82) is 0 Å². The average molecular weight is 216 g/mol. The summed E-state index contributed by atoms with van der Waals surface area (Å²) in [7, 11) is -0.123. The first-order valence-electron chi connectivity index (χ1n) is 5.93. The van der Waals surface area contributed by atoms with Crippen LogP contribution in [0.3, 0.4) is 0 Å². The Balaban J connectivity index is 2.27. The van der Waals surface area contributed by atoms with Gasteiger partial charge < -0.3 is 4.74 Å². The maximum atomic E-state index is 5.84. The molecule has 0 amide bonds. The minimum atomic E-state index is -0.123. The van der Waals surface area contributed by atoms with Gasteiger partial charge in [0.1, 0.15) is 0 Å². The number of nitrogens with zero attached hydrogens (tertiary/aromatic N) is 2. The van der Waals surface area contributed by atoms with E-state index in [9.17, 15) is 0 Å². The highest BCUT2D eigenvalue weighted by atomic mass is 28.2. The first-order valence-corrected chi connectivity index (χ1v) is 7.19. The molecule has 0 aromatic rings. The van der Waals surface area contributed by atoms with Crippen molar-refractivity contribution in [2.24, 2.45) is 0 Å². The van der Waals surface area contributed by atoms with Gasteiger partial charge in [-0.3, -0.25) is 9.13 Å². The third-order valence-corrected chi connectivity index (χ3v) is 4.46. The van der Waals surface area contributed by atoms with Gasteiger partial charge in [-0.2, -0.15) is 0 Å². The Morgan fingerprint density at radius 2 is 1.57 bits per heavy atom. The number of ether oxygens (including phenoxy) is 1.